The molecule has 2 fully saturated rings. The average Bonchev–Trinajstić information content (AvgIpc) is 3.25. The van der Waals surface area contributed by atoms with E-state index in [1.54, 1.807) is 0 Å². The van der Waals surface area contributed by atoms with E-state index in [2.05, 4.69) is 26.5 Å². The van der Waals surface area contributed by atoms with Gasteiger partial charge in [0.25, 0.3) is 0 Å². The Bertz CT molecular complexity index is 541. The predicted molar refractivity (Wildman–Crippen MR) is 112 cm³/mol. The van der Waals surface area contributed by atoms with E-state index >= 15 is 0 Å². The van der Waals surface area contributed by atoms with Crippen molar-refractivity contribution in [3.63, 3.8) is 0 Å². The van der Waals surface area contributed by atoms with Gasteiger partial charge in [0.1, 0.15) is 0 Å². The van der Waals surface area contributed by atoms with E-state index in [0.29, 0.717) is 12.0 Å². The summed E-state index contributed by atoms with van der Waals surface area (Å²) in [5, 5.41) is 7.75. The van der Waals surface area contributed by atoms with E-state index < -0.39 is 0 Å². The highest BCUT2D eigenvalue weighted by atomic mass is 127. The number of ether oxygens (including phenoxy) is 1. The van der Waals surface area contributed by atoms with Gasteiger partial charge >= 0.3 is 0 Å². The van der Waals surface area contributed by atoms with Crippen LogP contribution in [0.3, 0.4) is 0 Å². The van der Waals surface area contributed by atoms with Gasteiger partial charge in [0.2, 0.25) is 0 Å². The van der Waals surface area contributed by atoms with E-state index in [-0.39, 0.29) is 24.0 Å². The molecular formula is C18H32IN5O. The van der Waals surface area contributed by atoms with Crippen molar-refractivity contribution in [1.82, 2.24) is 20.0 Å². The summed E-state index contributed by atoms with van der Waals surface area (Å²) in [6.07, 6.45) is 12.2. The number of nitrogens with one attached hydrogen (secondary N) is 1. The number of halogens is 1. The Labute approximate surface area is 168 Å². The molecule has 2 aliphatic rings. The number of aromatic nitrogens is 2. The van der Waals surface area contributed by atoms with Gasteiger partial charge in [0.15, 0.2) is 5.96 Å². The largest absolute Gasteiger partial charge is 0.376 e. The summed E-state index contributed by atoms with van der Waals surface area (Å²) in [5.41, 5.74) is 1.33. The molecule has 0 amide bonds. The van der Waals surface area contributed by atoms with Crippen LogP contribution in [-0.4, -0.2) is 60.0 Å². The first-order valence-corrected chi connectivity index (χ1v) is 9.32. The summed E-state index contributed by atoms with van der Waals surface area (Å²) in [5.74, 6) is 1.55. The quantitative estimate of drug-likeness (QED) is 0.317. The minimum absolute atomic E-state index is 0. The van der Waals surface area contributed by atoms with Crippen molar-refractivity contribution in [2.24, 2.45) is 12.0 Å². The molecule has 0 bridgehead atoms. The summed E-state index contributed by atoms with van der Waals surface area (Å²) in [7, 11) is 3.84. The smallest absolute Gasteiger partial charge is 0.193 e. The third-order valence-electron chi connectivity index (χ3n) is 5.19. The van der Waals surface area contributed by atoms with Gasteiger partial charge in [-0.25, -0.2) is 0 Å². The van der Waals surface area contributed by atoms with Crippen LogP contribution in [0.4, 0.5) is 0 Å². The number of hydrogen-bond acceptors (Lipinski definition) is 3. The average molecular weight is 461 g/mol. The zero-order valence-electron chi connectivity index (χ0n) is 15.5. The number of aryl methyl sites for hydroxylation is 1. The molecule has 1 aromatic heterocycles. The lowest BCUT2D eigenvalue weighted by Gasteiger charge is -2.24. The van der Waals surface area contributed by atoms with Crippen LogP contribution in [0, 0.1) is 0 Å². The molecule has 2 heterocycles. The normalized spacial score (nSPS) is 22.1. The number of nitrogens with zero attached hydrogens (tertiary/aromatic N) is 4. The fourth-order valence-electron chi connectivity index (χ4n) is 3.83. The van der Waals surface area contributed by atoms with E-state index in [0.717, 1.165) is 38.6 Å². The lowest BCUT2D eigenvalue weighted by atomic mass is 9.98. The molecule has 25 heavy (non-hydrogen) atoms. The van der Waals surface area contributed by atoms with Gasteiger partial charge in [0.05, 0.1) is 18.9 Å². The Hall–Kier alpha value is -0.830. The van der Waals surface area contributed by atoms with Gasteiger partial charge in [-0.1, -0.05) is 19.3 Å². The van der Waals surface area contributed by atoms with E-state index in [1.165, 1.54) is 37.7 Å². The Morgan fingerprint density at radius 1 is 1.32 bits per heavy atom. The van der Waals surface area contributed by atoms with Crippen LogP contribution in [-0.2, 0) is 11.8 Å². The number of likely N-dealkylation sites (tertiary alicyclic amines) is 1. The lowest BCUT2D eigenvalue weighted by molar-refractivity contribution is 0.0316. The summed E-state index contributed by atoms with van der Waals surface area (Å²) >= 11 is 0. The van der Waals surface area contributed by atoms with E-state index in [9.17, 15) is 0 Å². The number of guanidine groups is 1. The molecule has 1 aliphatic carbocycles. The van der Waals surface area contributed by atoms with Crippen LogP contribution in [0.5, 0.6) is 0 Å². The first kappa shape index (κ1) is 20.5. The molecule has 142 valence electrons. The molecular weight excluding hydrogens is 429 g/mol. The topological polar surface area (TPSA) is 54.7 Å². The molecule has 6 nitrogen and oxygen atoms in total. The summed E-state index contributed by atoms with van der Waals surface area (Å²) in [4.78, 5) is 6.79. The molecule has 1 N–H and O–H groups in total. The molecule has 1 saturated carbocycles. The molecule has 0 radical (unpaired) electrons. The first-order valence-electron chi connectivity index (χ1n) is 9.32. The van der Waals surface area contributed by atoms with Crippen molar-refractivity contribution < 1.29 is 4.74 Å². The molecule has 0 aromatic carbocycles. The van der Waals surface area contributed by atoms with Crippen molar-refractivity contribution in [3.05, 3.63) is 18.0 Å². The second-order valence-corrected chi connectivity index (χ2v) is 6.98. The maximum atomic E-state index is 5.99. The molecule has 1 aliphatic heterocycles. The molecule has 1 saturated heterocycles. The highest BCUT2D eigenvalue weighted by molar-refractivity contribution is 14.0. The summed E-state index contributed by atoms with van der Waals surface area (Å²) in [6.45, 7) is 3.65. The molecule has 1 atom stereocenters. The van der Waals surface area contributed by atoms with Crippen molar-refractivity contribution >= 4 is 29.9 Å². The summed E-state index contributed by atoms with van der Waals surface area (Å²) < 4.78 is 7.87. The highest BCUT2D eigenvalue weighted by Crippen LogP contribution is 2.26. The molecule has 1 unspecified atom stereocenters. The van der Waals surface area contributed by atoms with Gasteiger partial charge in [-0.05, 0) is 24.8 Å². The fourth-order valence-corrected chi connectivity index (χ4v) is 3.83. The minimum Gasteiger partial charge on any atom is -0.376 e. The van der Waals surface area contributed by atoms with Crippen molar-refractivity contribution in [2.75, 3.05) is 33.3 Å². The van der Waals surface area contributed by atoms with Crippen LogP contribution in [0.15, 0.2) is 17.4 Å². The number of aliphatic imine (C=N–C) groups is 1. The van der Waals surface area contributed by atoms with Gasteiger partial charge in [0, 0.05) is 45.8 Å². The second kappa shape index (κ2) is 10.4. The Morgan fingerprint density at radius 3 is 2.80 bits per heavy atom. The van der Waals surface area contributed by atoms with Crippen LogP contribution < -0.4 is 5.32 Å². The van der Waals surface area contributed by atoms with Crippen LogP contribution in [0.1, 0.15) is 50.0 Å². The Balaban J connectivity index is 0.00000225. The van der Waals surface area contributed by atoms with E-state index in [1.807, 2.05) is 25.0 Å². The standard InChI is InChI=1S/C18H31N5O.HI/c1-19-18(20-9-11-24-17-6-4-3-5-7-17)23-10-8-15(14-23)16-12-21-22(2)13-16;/h12-13,15,17H,3-11,14H2,1-2H3,(H,19,20);1H. The lowest BCUT2D eigenvalue weighted by Crippen LogP contribution is -2.41. The zero-order chi connectivity index (χ0) is 16.8. The van der Waals surface area contributed by atoms with Gasteiger partial charge in [-0.2, -0.15) is 5.10 Å². The SMILES string of the molecule is CN=C(NCCOC1CCCCC1)N1CCC(c2cnn(C)c2)C1.I. The van der Waals surface area contributed by atoms with Crippen LogP contribution in [0.25, 0.3) is 0 Å². The third-order valence-corrected chi connectivity index (χ3v) is 5.19. The van der Waals surface area contributed by atoms with Crippen molar-refractivity contribution in [1.29, 1.82) is 0 Å². The maximum Gasteiger partial charge on any atom is 0.193 e. The minimum atomic E-state index is 0. The van der Waals surface area contributed by atoms with Gasteiger partial charge in [-0.15, -0.1) is 24.0 Å². The molecule has 7 heteroatoms. The van der Waals surface area contributed by atoms with Gasteiger partial charge < -0.3 is 15.0 Å². The molecule has 3 rings (SSSR count). The molecule has 0 spiro atoms. The Morgan fingerprint density at radius 2 is 2.12 bits per heavy atom. The maximum absolute atomic E-state index is 5.99. The van der Waals surface area contributed by atoms with E-state index in [4.69, 9.17) is 4.74 Å². The second-order valence-electron chi connectivity index (χ2n) is 6.98. The van der Waals surface area contributed by atoms with Crippen LogP contribution in [0.2, 0.25) is 0 Å². The number of rotatable bonds is 5. The fraction of sp³-hybridized carbons (Fsp3) is 0.778. The first-order chi connectivity index (χ1) is 11.8. The Kier molecular flexibility index (Phi) is 8.48. The monoisotopic (exact) mass is 461 g/mol. The zero-order valence-corrected chi connectivity index (χ0v) is 17.8. The third kappa shape index (κ3) is 5.84. The molecule has 1 aromatic rings. The van der Waals surface area contributed by atoms with Gasteiger partial charge in [-0.3, -0.25) is 9.67 Å². The van der Waals surface area contributed by atoms with Crippen molar-refractivity contribution in [3.8, 4) is 0 Å². The predicted octanol–water partition coefficient (Wildman–Crippen LogP) is 2.75. The highest BCUT2D eigenvalue weighted by Gasteiger charge is 2.26. The summed E-state index contributed by atoms with van der Waals surface area (Å²) in [6, 6.07) is 0. The van der Waals surface area contributed by atoms with Crippen molar-refractivity contribution in [2.45, 2.75) is 50.5 Å². The number of hydrogen-bond donors (Lipinski definition) is 1. The van der Waals surface area contributed by atoms with Crippen LogP contribution >= 0.6 is 24.0 Å².